The number of hydrogen-bond donors (Lipinski definition) is 3. The number of carbonyl (C=O) groups excluding carboxylic acids is 4. The van der Waals surface area contributed by atoms with E-state index in [4.69, 9.17) is 9.47 Å². The quantitative estimate of drug-likeness (QED) is 0.571. The van der Waals surface area contributed by atoms with Gasteiger partial charge in [-0.2, -0.15) is 0 Å². The molecule has 0 saturated heterocycles. The van der Waals surface area contributed by atoms with E-state index in [0.29, 0.717) is 17.9 Å². The van der Waals surface area contributed by atoms with E-state index in [-0.39, 0.29) is 6.04 Å². The first-order valence-electron chi connectivity index (χ1n) is 9.25. The summed E-state index contributed by atoms with van der Waals surface area (Å²) in [6.45, 7) is 1.38. The third kappa shape index (κ3) is 7.26. The second kappa shape index (κ2) is 10.9. The van der Waals surface area contributed by atoms with Gasteiger partial charge >= 0.3 is 12.0 Å². The smallest absolute Gasteiger partial charge is 0.325 e. The number of urea groups is 1. The van der Waals surface area contributed by atoms with Gasteiger partial charge in [0, 0.05) is 11.6 Å². The van der Waals surface area contributed by atoms with Crippen LogP contribution in [0.1, 0.15) is 43.0 Å². The highest BCUT2D eigenvalue weighted by Crippen LogP contribution is 2.17. The Morgan fingerprint density at radius 1 is 1.07 bits per heavy atom. The summed E-state index contributed by atoms with van der Waals surface area (Å²) >= 11 is 0. The highest BCUT2D eigenvalue weighted by atomic mass is 16.5. The number of hydrogen-bond acceptors (Lipinski definition) is 6. The maximum Gasteiger partial charge on any atom is 0.325 e. The Morgan fingerprint density at radius 3 is 2.39 bits per heavy atom. The molecule has 0 bridgehead atoms. The normalized spacial score (nSPS) is 13.5. The standard InChI is InChI=1S/C19H25N3O6/c1-2-27-15-9-7-13(8-10-15)18(25)20-11-17(24)28-12-16(23)22-19(26)21-14-5-3-4-6-14/h7-10,14H,2-6,11-12H2,1H3,(H,20,25)(H2,21,22,23,26). The van der Waals surface area contributed by atoms with E-state index < -0.39 is 37.0 Å². The van der Waals surface area contributed by atoms with Gasteiger partial charge in [-0.25, -0.2) is 4.79 Å². The van der Waals surface area contributed by atoms with Crippen LogP contribution in [0, 0.1) is 0 Å². The van der Waals surface area contributed by atoms with Gasteiger partial charge in [-0.1, -0.05) is 12.8 Å². The molecule has 0 radical (unpaired) electrons. The van der Waals surface area contributed by atoms with Crippen molar-refractivity contribution in [1.82, 2.24) is 16.0 Å². The van der Waals surface area contributed by atoms with Crippen LogP contribution in [0.15, 0.2) is 24.3 Å². The van der Waals surface area contributed by atoms with Crippen molar-refractivity contribution in [1.29, 1.82) is 0 Å². The van der Waals surface area contributed by atoms with E-state index in [2.05, 4.69) is 16.0 Å². The van der Waals surface area contributed by atoms with Crippen molar-refractivity contribution in [2.75, 3.05) is 19.8 Å². The van der Waals surface area contributed by atoms with Crippen molar-refractivity contribution < 1.29 is 28.7 Å². The second-order valence-corrected chi connectivity index (χ2v) is 6.30. The summed E-state index contributed by atoms with van der Waals surface area (Å²) in [5, 5.41) is 7.19. The highest BCUT2D eigenvalue weighted by Gasteiger charge is 2.18. The molecule has 0 unspecified atom stereocenters. The van der Waals surface area contributed by atoms with Crippen molar-refractivity contribution in [2.45, 2.75) is 38.6 Å². The average Bonchev–Trinajstić information content (AvgIpc) is 3.18. The van der Waals surface area contributed by atoms with E-state index in [1.807, 2.05) is 6.92 Å². The van der Waals surface area contributed by atoms with Crippen LogP contribution in [-0.4, -0.2) is 49.6 Å². The number of carbonyl (C=O) groups is 4. The van der Waals surface area contributed by atoms with E-state index in [0.717, 1.165) is 25.7 Å². The molecular weight excluding hydrogens is 366 g/mol. The molecule has 152 valence electrons. The van der Waals surface area contributed by atoms with Crippen LogP contribution in [0.5, 0.6) is 5.75 Å². The number of nitrogens with one attached hydrogen (secondary N) is 3. The van der Waals surface area contributed by atoms with Crippen LogP contribution in [0.2, 0.25) is 0 Å². The molecule has 0 heterocycles. The molecule has 4 amide bonds. The Labute approximate surface area is 163 Å². The minimum atomic E-state index is -0.786. The van der Waals surface area contributed by atoms with Crippen LogP contribution in [0.25, 0.3) is 0 Å². The molecule has 9 nitrogen and oxygen atoms in total. The van der Waals surface area contributed by atoms with Crippen molar-refractivity contribution in [2.24, 2.45) is 0 Å². The molecule has 0 atom stereocenters. The predicted octanol–water partition coefficient (Wildman–Crippen LogP) is 1.13. The summed E-state index contributed by atoms with van der Waals surface area (Å²) in [6, 6.07) is 5.92. The van der Waals surface area contributed by atoms with Crippen molar-refractivity contribution in [3.8, 4) is 5.75 Å². The van der Waals surface area contributed by atoms with Gasteiger partial charge < -0.3 is 20.1 Å². The number of benzene rings is 1. The maximum atomic E-state index is 12.0. The molecule has 1 aliphatic carbocycles. The van der Waals surface area contributed by atoms with E-state index in [1.54, 1.807) is 24.3 Å². The third-order valence-corrected chi connectivity index (χ3v) is 4.13. The predicted molar refractivity (Wildman–Crippen MR) is 99.8 cm³/mol. The second-order valence-electron chi connectivity index (χ2n) is 6.30. The van der Waals surface area contributed by atoms with Crippen molar-refractivity contribution in [3.63, 3.8) is 0 Å². The first-order valence-corrected chi connectivity index (χ1v) is 9.25. The molecule has 1 aromatic carbocycles. The molecule has 2 rings (SSSR count). The van der Waals surface area contributed by atoms with Gasteiger partial charge in [-0.15, -0.1) is 0 Å². The summed E-state index contributed by atoms with van der Waals surface area (Å²) in [5.41, 5.74) is 0.359. The number of imide groups is 1. The molecule has 1 aliphatic rings. The van der Waals surface area contributed by atoms with Crippen LogP contribution in [0.3, 0.4) is 0 Å². The Bertz CT molecular complexity index is 698. The monoisotopic (exact) mass is 391 g/mol. The zero-order valence-corrected chi connectivity index (χ0v) is 15.8. The van der Waals surface area contributed by atoms with Crippen LogP contribution in [0.4, 0.5) is 4.79 Å². The molecule has 0 aromatic heterocycles. The van der Waals surface area contributed by atoms with Gasteiger partial charge in [-0.3, -0.25) is 19.7 Å². The fraction of sp³-hybridized carbons (Fsp3) is 0.474. The summed E-state index contributed by atoms with van der Waals surface area (Å²) in [7, 11) is 0. The number of amides is 4. The molecular formula is C19H25N3O6. The molecule has 1 fully saturated rings. The van der Waals surface area contributed by atoms with Crippen LogP contribution in [-0.2, 0) is 14.3 Å². The fourth-order valence-electron chi connectivity index (χ4n) is 2.78. The van der Waals surface area contributed by atoms with Gasteiger partial charge in [0.25, 0.3) is 11.8 Å². The minimum absolute atomic E-state index is 0.0770. The Kier molecular flexibility index (Phi) is 8.26. The lowest BCUT2D eigenvalue weighted by Crippen LogP contribution is -2.45. The van der Waals surface area contributed by atoms with E-state index in [1.165, 1.54) is 0 Å². The molecule has 28 heavy (non-hydrogen) atoms. The maximum absolute atomic E-state index is 12.0. The average molecular weight is 391 g/mol. The van der Waals surface area contributed by atoms with E-state index >= 15 is 0 Å². The SMILES string of the molecule is CCOc1ccc(C(=O)NCC(=O)OCC(=O)NC(=O)NC2CCCC2)cc1. The minimum Gasteiger partial charge on any atom is -0.494 e. The van der Waals surface area contributed by atoms with Gasteiger partial charge in [-0.05, 0) is 44.0 Å². The lowest BCUT2D eigenvalue weighted by atomic mass is 10.2. The zero-order valence-electron chi connectivity index (χ0n) is 15.8. The van der Waals surface area contributed by atoms with Gasteiger partial charge in [0.2, 0.25) is 0 Å². The molecule has 0 aliphatic heterocycles. The molecule has 1 aromatic rings. The topological polar surface area (TPSA) is 123 Å². The molecule has 1 saturated carbocycles. The summed E-state index contributed by atoms with van der Waals surface area (Å²) in [4.78, 5) is 46.9. The first-order chi connectivity index (χ1) is 13.5. The van der Waals surface area contributed by atoms with Crippen molar-refractivity contribution >= 4 is 23.8 Å². The number of esters is 1. The first kappa shape index (κ1) is 21.2. The lowest BCUT2D eigenvalue weighted by Gasteiger charge is -2.12. The number of ether oxygens (including phenoxy) is 2. The Balaban J connectivity index is 1.63. The van der Waals surface area contributed by atoms with Crippen LogP contribution < -0.4 is 20.7 Å². The Morgan fingerprint density at radius 2 is 1.75 bits per heavy atom. The van der Waals surface area contributed by atoms with Gasteiger partial charge in [0.15, 0.2) is 6.61 Å². The molecule has 9 heteroatoms. The third-order valence-electron chi connectivity index (χ3n) is 4.13. The summed E-state index contributed by atoms with van der Waals surface area (Å²) in [6.07, 6.45) is 3.90. The van der Waals surface area contributed by atoms with Crippen LogP contribution >= 0.6 is 0 Å². The summed E-state index contributed by atoms with van der Waals surface area (Å²) in [5.74, 6) is -1.34. The molecule has 3 N–H and O–H groups in total. The van der Waals surface area contributed by atoms with E-state index in [9.17, 15) is 19.2 Å². The lowest BCUT2D eigenvalue weighted by molar-refractivity contribution is -0.147. The van der Waals surface area contributed by atoms with Gasteiger partial charge in [0.1, 0.15) is 12.3 Å². The number of rotatable bonds is 8. The van der Waals surface area contributed by atoms with Gasteiger partial charge in [0.05, 0.1) is 6.61 Å². The largest absolute Gasteiger partial charge is 0.494 e. The zero-order chi connectivity index (χ0) is 20.4. The fourth-order valence-corrected chi connectivity index (χ4v) is 2.78. The Hall–Kier alpha value is -3.10. The molecule has 0 spiro atoms. The highest BCUT2D eigenvalue weighted by molar-refractivity contribution is 5.97. The van der Waals surface area contributed by atoms with Crippen molar-refractivity contribution in [3.05, 3.63) is 29.8 Å². The summed E-state index contributed by atoms with van der Waals surface area (Å²) < 4.78 is 10.0.